The van der Waals surface area contributed by atoms with Crippen molar-refractivity contribution in [3.63, 3.8) is 0 Å². The summed E-state index contributed by atoms with van der Waals surface area (Å²) in [4.78, 5) is 11.1. The van der Waals surface area contributed by atoms with E-state index in [0.29, 0.717) is 12.5 Å². The maximum atomic E-state index is 11.1. The first-order valence-electron chi connectivity index (χ1n) is 5.55. The summed E-state index contributed by atoms with van der Waals surface area (Å²) in [6.45, 7) is 6.20. The van der Waals surface area contributed by atoms with Crippen LogP contribution in [-0.4, -0.2) is 17.1 Å². The highest BCUT2D eigenvalue weighted by Gasteiger charge is 2.07. The van der Waals surface area contributed by atoms with Crippen molar-refractivity contribution in [2.75, 3.05) is 0 Å². The Morgan fingerprint density at radius 3 is 2.25 bits per heavy atom. The van der Waals surface area contributed by atoms with Crippen LogP contribution >= 0.6 is 0 Å². The zero-order chi connectivity index (χ0) is 12.1. The third-order valence-electron chi connectivity index (χ3n) is 2.49. The monoisotopic (exact) mass is 221 g/mol. The van der Waals surface area contributed by atoms with E-state index in [0.717, 1.165) is 5.56 Å². The van der Waals surface area contributed by atoms with E-state index in [4.69, 9.17) is 5.11 Å². The van der Waals surface area contributed by atoms with Crippen LogP contribution in [0.1, 0.15) is 37.8 Å². The van der Waals surface area contributed by atoms with E-state index >= 15 is 0 Å². The molecule has 1 aromatic carbocycles. The normalized spacial score (nSPS) is 12.6. The molecule has 88 valence electrons. The van der Waals surface area contributed by atoms with Gasteiger partial charge in [-0.15, -0.1) is 0 Å². The van der Waals surface area contributed by atoms with Crippen molar-refractivity contribution in [3.05, 3.63) is 35.4 Å². The molecular formula is C13H19NO2. The van der Waals surface area contributed by atoms with Crippen molar-refractivity contribution in [1.82, 2.24) is 5.32 Å². The van der Waals surface area contributed by atoms with E-state index in [2.05, 4.69) is 31.3 Å². The lowest BCUT2D eigenvalue weighted by Gasteiger charge is -2.09. The lowest BCUT2D eigenvalue weighted by atomic mass is 10.0. The van der Waals surface area contributed by atoms with Crippen LogP contribution in [0.4, 0.5) is 0 Å². The lowest BCUT2D eigenvalue weighted by Crippen LogP contribution is -2.31. The number of aliphatic hydroxyl groups is 1. The summed E-state index contributed by atoms with van der Waals surface area (Å²) in [6, 6.07) is 8.12. The smallest absolute Gasteiger partial charge is 0.248 e. The van der Waals surface area contributed by atoms with E-state index in [-0.39, 0.29) is 5.91 Å². The van der Waals surface area contributed by atoms with Gasteiger partial charge in [0.25, 0.3) is 0 Å². The highest BCUT2D eigenvalue weighted by molar-refractivity contribution is 5.79. The van der Waals surface area contributed by atoms with E-state index in [1.807, 2.05) is 12.1 Å². The number of carbonyl (C=O) groups excluding carboxylic acids is 1. The molecule has 0 fully saturated rings. The SMILES string of the molecule is CC(O)C(=O)NCc1ccc(C(C)C)cc1. The number of rotatable bonds is 4. The fourth-order valence-electron chi connectivity index (χ4n) is 1.36. The molecule has 1 atom stereocenters. The molecule has 0 saturated carbocycles. The number of hydrogen-bond donors (Lipinski definition) is 2. The summed E-state index contributed by atoms with van der Waals surface area (Å²) in [6.07, 6.45) is -0.949. The van der Waals surface area contributed by atoms with E-state index < -0.39 is 6.10 Å². The number of aliphatic hydroxyl groups excluding tert-OH is 1. The van der Waals surface area contributed by atoms with Gasteiger partial charge in [0, 0.05) is 6.54 Å². The molecule has 0 aliphatic heterocycles. The van der Waals surface area contributed by atoms with Crippen LogP contribution in [0.2, 0.25) is 0 Å². The Morgan fingerprint density at radius 1 is 1.25 bits per heavy atom. The van der Waals surface area contributed by atoms with Gasteiger partial charge in [-0.3, -0.25) is 4.79 Å². The third-order valence-corrected chi connectivity index (χ3v) is 2.49. The highest BCUT2D eigenvalue weighted by atomic mass is 16.3. The molecule has 1 aromatic rings. The second kappa shape index (κ2) is 5.66. The van der Waals surface area contributed by atoms with Crippen LogP contribution < -0.4 is 5.32 Å². The minimum Gasteiger partial charge on any atom is -0.384 e. The molecule has 2 N–H and O–H groups in total. The number of benzene rings is 1. The standard InChI is InChI=1S/C13H19NO2/c1-9(2)12-6-4-11(5-7-12)8-14-13(16)10(3)15/h4-7,9-10,15H,8H2,1-3H3,(H,14,16). The molecular weight excluding hydrogens is 202 g/mol. The van der Waals surface area contributed by atoms with Crippen molar-refractivity contribution < 1.29 is 9.90 Å². The Labute approximate surface area is 96.5 Å². The van der Waals surface area contributed by atoms with Gasteiger partial charge < -0.3 is 10.4 Å². The van der Waals surface area contributed by atoms with Crippen LogP contribution in [-0.2, 0) is 11.3 Å². The Bertz CT molecular complexity index is 341. The van der Waals surface area contributed by atoms with Gasteiger partial charge >= 0.3 is 0 Å². The van der Waals surface area contributed by atoms with Crippen LogP contribution in [0, 0.1) is 0 Å². The minimum atomic E-state index is -0.949. The van der Waals surface area contributed by atoms with Gasteiger partial charge in [0.2, 0.25) is 5.91 Å². The Kier molecular flexibility index (Phi) is 4.50. The van der Waals surface area contributed by atoms with Gasteiger partial charge in [-0.2, -0.15) is 0 Å². The second-order valence-electron chi connectivity index (χ2n) is 4.29. The molecule has 0 aliphatic carbocycles. The first kappa shape index (κ1) is 12.7. The predicted molar refractivity (Wildman–Crippen MR) is 64.1 cm³/mol. The van der Waals surface area contributed by atoms with E-state index in [1.54, 1.807) is 0 Å². The van der Waals surface area contributed by atoms with Crippen molar-refractivity contribution >= 4 is 5.91 Å². The molecule has 0 spiro atoms. The molecule has 1 rings (SSSR count). The molecule has 3 heteroatoms. The summed E-state index contributed by atoms with van der Waals surface area (Å²) in [5, 5.41) is 11.7. The predicted octanol–water partition coefficient (Wildman–Crippen LogP) is 1.81. The number of amides is 1. The molecule has 0 saturated heterocycles. The Balaban J connectivity index is 2.53. The molecule has 0 aliphatic rings. The molecule has 0 bridgehead atoms. The maximum absolute atomic E-state index is 11.1. The zero-order valence-corrected chi connectivity index (χ0v) is 10.0. The molecule has 3 nitrogen and oxygen atoms in total. The molecule has 0 heterocycles. The van der Waals surface area contributed by atoms with Crippen LogP contribution in [0.25, 0.3) is 0 Å². The quantitative estimate of drug-likeness (QED) is 0.814. The van der Waals surface area contributed by atoms with Gasteiger partial charge in [0.1, 0.15) is 6.10 Å². The fourth-order valence-corrected chi connectivity index (χ4v) is 1.36. The average molecular weight is 221 g/mol. The Hall–Kier alpha value is -1.35. The summed E-state index contributed by atoms with van der Waals surface area (Å²) in [5.41, 5.74) is 2.32. The highest BCUT2D eigenvalue weighted by Crippen LogP contribution is 2.14. The number of carbonyl (C=O) groups is 1. The Morgan fingerprint density at radius 2 is 1.81 bits per heavy atom. The third kappa shape index (κ3) is 3.66. The van der Waals surface area contributed by atoms with E-state index in [9.17, 15) is 4.79 Å². The molecule has 1 amide bonds. The second-order valence-corrected chi connectivity index (χ2v) is 4.29. The van der Waals surface area contributed by atoms with Gasteiger partial charge in [0.05, 0.1) is 0 Å². The maximum Gasteiger partial charge on any atom is 0.248 e. The molecule has 16 heavy (non-hydrogen) atoms. The summed E-state index contributed by atoms with van der Waals surface area (Å²) >= 11 is 0. The number of nitrogens with one attached hydrogen (secondary N) is 1. The molecule has 0 radical (unpaired) electrons. The van der Waals surface area contributed by atoms with Crippen molar-refractivity contribution in [3.8, 4) is 0 Å². The summed E-state index contributed by atoms with van der Waals surface area (Å²) in [7, 11) is 0. The van der Waals surface area contributed by atoms with E-state index in [1.165, 1.54) is 12.5 Å². The largest absolute Gasteiger partial charge is 0.384 e. The van der Waals surface area contributed by atoms with Gasteiger partial charge in [-0.05, 0) is 24.0 Å². The van der Waals surface area contributed by atoms with Gasteiger partial charge in [-0.25, -0.2) is 0 Å². The first-order chi connectivity index (χ1) is 7.50. The molecule has 1 unspecified atom stereocenters. The summed E-state index contributed by atoms with van der Waals surface area (Å²) < 4.78 is 0. The zero-order valence-electron chi connectivity index (χ0n) is 10.0. The van der Waals surface area contributed by atoms with Crippen molar-refractivity contribution in [1.29, 1.82) is 0 Å². The average Bonchev–Trinajstić information content (AvgIpc) is 2.26. The van der Waals surface area contributed by atoms with Crippen LogP contribution in [0.3, 0.4) is 0 Å². The van der Waals surface area contributed by atoms with Gasteiger partial charge in [0.15, 0.2) is 0 Å². The lowest BCUT2D eigenvalue weighted by molar-refractivity contribution is -0.128. The summed E-state index contributed by atoms with van der Waals surface area (Å²) in [5.74, 6) is 0.175. The van der Waals surface area contributed by atoms with Crippen molar-refractivity contribution in [2.24, 2.45) is 0 Å². The van der Waals surface area contributed by atoms with Crippen LogP contribution in [0.15, 0.2) is 24.3 Å². The number of hydrogen-bond acceptors (Lipinski definition) is 2. The topological polar surface area (TPSA) is 49.3 Å². The van der Waals surface area contributed by atoms with Crippen molar-refractivity contribution in [2.45, 2.75) is 39.3 Å². The molecule has 0 aromatic heterocycles. The van der Waals surface area contributed by atoms with Gasteiger partial charge in [-0.1, -0.05) is 38.1 Å². The first-order valence-corrected chi connectivity index (χ1v) is 5.55. The minimum absolute atomic E-state index is 0.340. The van der Waals surface area contributed by atoms with Crippen LogP contribution in [0.5, 0.6) is 0 Å². The fraction of sp³-hybridized carbons (Fsp3) is 0.462.